The van der Waals surface area contributed by atoms with E-state index < -0.39 is 0 Å². The summed E-state index contributed by atoms with van der Waals surface area (Å²) < 4.78 is 20.5. The van der Waals surface area contributed by atoms with Crippen LogP contribution in [0.1, 0.15) is 6.92 Å². The largest absolute Gasteiger partial charge is 0.354 e. The molecule has 0 bridgehead atoms. The fourth-order valence-corrected chi connectivity index (χ4v) is 3.73. The van der Waals surface area contributed by atoms with E-state index in [1.165, 1.54) is 13.0 Å². The third-order valence-electron chi connectivity index (χ3n) is 5.16. The van der Waals surface area contributed by atoms with E-state index in [4.69, 9.17) is 16.3 Å². The summed E-state index contributed by atoms with van der Waals surface area (Å²) in [5.74, 6) is 0.642. The number of amides is 1. The van der Waals surface area contributed by atoms with Gasteiger partial charge in [-0.1, -0.05) is 0 Å². The molecular weight excluding hydrogens is 413 g/mol. The van der Waals surface area contributed by atoms with Gasteiger partial charge in [-0.2, -0.15) is 0 Å². The minimum Gasteiger partial charge on any atom is -0.354 e. The number of rotatable bonds is 5. The minimum absolute atomic E-state index is 0.1000. The number of carbonyl (C=O) groups is 1. The van der Waals surface area contributed by atoms with E-state index in [0.717, 1.165) is 5.82 Å². The lowest BCUT2D eigenvalue weighted by Crippen LogP contribution is -2.47. The second-order valence-corrected chi connectivity index (χ2v) is 7.57. The van der Waals surface area contributed by atoms with Crippen LogP contribution in [0.25, 0.3) is 0 Å². The van der Waals surface area contributed by atoms with Crippen molar-refractivity contribution >= 4 is 34.8 Å². The number of halogens is 2. The average molecular weight is 436 g/mol. The van der Waals surface area contributed by atoms with Gasteiger partial charge in [0, 0.05) is 58.5 Å². The highest BCUT2D eigenvalue weighted by atomic mass is 35.5. The van der Waals surface area contributed by atoms with Crippen LogP contribution in [-0.4, -0.2) is 73.0 Å². The summed E-state index contributed by atoms with van der Waals surface area (Å²) in [4.78, 5) is 29.5. The number of anilines is 3. The molecule has 2 aromatic heterocycles. The Morgan fingerprint density at radius 1 is 1.27 bits per heavy atom. The summed E-state index contributed by atoms with van der Waals surface area (Å²) in [5, 5.41) is 2.95. The molecule has 1 N–H and O–H groups in total. The van der Waals surface area contributed by atoms with Crippen LogP contribution in [-0.2, 0) is 9.53 Å². The SMILES string of the molecule is CC(=O)NCC1CN(c2cnc(N3CCN(c4ccnc(Cl)n4)CC3)c(F)c2)CO1. The van der Waals surface area contributed by atoms with Crippen molar-refractivity contribution in [3.05, 3.63) is 35.6 Å². The van der Waals surface area contributed by atoms with Crippen molar-refractivity contribution in [2.24, 2.45) is 0 Å². The van der Waals surface area contributed by atoms with Gasteiger partial charge in [0.25, 0.3) is 0 Å². The molecule has 1 amide bonds. The van der Waals surface area contributed by atoms with Gasteiger partial charge in [-0.05, 0) is 17.7 Å². The number of ether oxygens (including phenoxy) is 1. The smallest absolute Gasteiger partial charge is 0.224 e. The van der Waals surface area contributed by atoms with E-state index in [0.29, 0.717) is 57.5 Å². The standard InChI is InChI=1S/C19H23ClFN7O2/c1-13(29)23-10-15-11-28(12-30-15)14-8-16(21)18(24-9-14)27-6-4-26(5-7-27)17-2-3-22-19(20)25-17/h2-3,8-9,15H,4-7,10-12H2,1H3,(H,23,29). The zero-order valence-electron chi connectivity index (χ0n) is 16.6. The van der Waals surface area contributed by atoms with Gasteiger partial charge < -0.3 is 24.8 Å². The summed E-state index contributed by atoms with van der Waals surface area (Å²) in [6.07, 6.45) is 3.17. The minimum atomic E-state index is -0.364. The molecule has 2 saturated heterocycles. The molecule has 4 heterocycles. The van der Waals surface area contributed by atoms with E-state index in [9.17, 15) is 9.18 Å². The summed E-state index contributed by atoms with van der Waals surface area (Å²) in [5.41, 5.74) is 0.663. The fourth-order valence-electron chi connectivity index (χ4n) is 3.58. The highest BCUT2D eigenvalue weighted by molar-refractivity contribution is 6.28. The van der Waals surface area contributed by atoms with E-state index in [1.807, 2.05) is 15.9 Å². The Morgan fingerprint density at radius 2 is 2.03 bits per heavy atom. The Hall–Kier alpha value is -2.72. The van der Waals surface area contributed by atoms with Crippen LogP contribution in [0.2, 0.25) is 5.28 Å². The monoisotopic (exact) mass is 435 g/mol. The number of hydrogen-bond acceptors (Lipinski definition) is 8. The van der Waals surface area contributed by atoms with Crippen LogP contribution >= 0.6 is 11.6 Å². The first-order chi connectivity index (χ1) is 14.5. The summed E-state index contributed by atoms with van der Waals surface area (Å²) in [6.45, 7) is 5.41. The molecule has 0 aromatic carbocycles. The van der Waals surface area contributed by atoms with Gasteiger partial charge in [-0.3, -0.25) is 4.79 Å². The Bertz CT molecular complexity index is 910. The van der Waals surface area contributed by atoms with Crippen molar-refractivity contribution in [3.8, 4) is 0 Å². The molecule has 2 aromatic rings. The van der Waals surface area contributed by atoms with Crippen molar-refractivity contribution in [2.45, 2.75) is 13.0 Å². The molecule has 0 radical (unpaired) electrons. The topological polar surface area (TPSA) is 86.7 Å². The van der Waals surface area contributed by atoms with Crippen LogP contribution in [0.5, 0.6) is 0 Å². The van der Waals surface area contributed by atoms with E-state index in [-0.39, 0.29) is 23.1 Å². The maximum Gasteiger partial charge on any atom is 0.224 e. The van der Waals surface area contributed by atoms with Gasteiger partial charge in [-0.25, -0.2) is 19.3 Å². The summed E-state index contributed by atoms with van der Waals surface area (Å²) in [7, 11) is 0. The third kappa shape index (κ3) is 4.71. The van der Waals surface area contributed by atoms with Gasteiger partial charge in [0.15, 0.2) is 11.6 Å². The van der Waals surface area contributed by atoms with E-state index in [1.54, 1.807) is 12.4 Å². The zero-order chi connectivity index (χ0) is 21.1. The molecule has 2 fully saturated rings. The molecular formula is C19H23ClFN7O2. The highest BCUT2D eigenvalue weighted by Gasteiger charge is 2.26. The van der Waals surface area contributed by atoms with Crippen molar-refractivity contribution < 1.29 is 13.9 Å². The normalized spacial score (nSPS) is 19.3. The number of piperazine rings is 1. The number of nitrogens with zero attached hydrogens (tertiary/aromatic N) is 6. The third-order valence-corrected chi connectivity index (χ3v) is 5.34. The van der Waals surface area contributed by atoms with Crippen molar-refractivity contribution in [1.82, 2.24) is 20.3 Å². The molecule has 0 spiro atoms. The molecule has 160 valence electrons. The number of nitrogens with one attached hydrogen (secondary N) is 1. The van der Waals surface area contributed by atoms with Crippen LogP contribution in [0, 0.1) is 5.82 Å². The Balaban J connectivity index is 1.36. The van der Waals surface area contributed by atoms with Gasteiger partial charge >= 0.3 is 0 Å². The summed E-state index contributed by atoms with van der Waals surface area (Å²) in [6, 6.07) is 3.30. The Labute approximate surface area is 178 Å². The van der Waals surface area contributed by atoms with Gasteiger partial charge in [0.05, 0.1) is 18.0 Å². The molecule has 2 aliphatic rings. The molecule has 1 unspecified atom stereocenters. The lowest BCUT2D eigenvalue weighted by molar-refractivity contribution is -0.119. The summed E-state index contributed by atoms with van der Waals surface area (Å²) >= 11 is 5.87. The first kappa shape index (κ1) is 20.5. The molecule has 2 aliphatic heterocycles. The molecule has 0 saturated carbocycles. The number of hydrogen-bond donors (Lipinski definition) is 1. The van der Waals surface area contributed by atoms with Gasteiger partial charge in [-0.15, -0.1) is 0 Å². The second-order valence-electron chi connectivity index (χ2n) is 7.23. The predicted octanol–water partition coefficient (Wildman–Crippen LogP) is 1.29. The first-order valence-corrected chi connectivity index (χ1v) is 10.1. The second kappa shape index (κ2) is 8.97. The van der Waals surface area contributed by atoms with Gasteiger partial charge in [0.2, 0.25) is 11.2 Å². The quantitative estimate of drug-likeness (QED) is 0.703. The lowest BCUT2D eigenvalue weighted by atomic mass is 10.2. The fraction of sp³-hybridized carbons (Fsp3) is 0.474. The zero-order valence-corrected chi connectivity index (χ0v) is 17.3. The molecule has 0 aliphatic carbocycles. The maximum absolute atomic E-state index is 14.8. The predicted molar refractivity (Wildman–Crippen MR) is 111 cm³/mol. The number of pyridine rings is 1. The van der Waals surface area contributed by atoms with E-state index >= 15 is 0 Å². The maximum atomic E-state index is 14.8. The average Bonchev–Trinajstić information content (AvgIpc) is 3.21. The number of aromatic nitrogens is 3. The van der Waals surface area contributed by atoms with Crippen molar-refractivity contribution in [2.75, 3.05) is 60.7 Å². The first-order valence-electron chi connectivity index (χ1n) is 9.74. The highest BCUT2D eigenvalue weighted by Crippen LogP contribution is 2.26. The van der Waals surface area contributed by atoms with Crippen LogP contribution < -0.4 is 20.0 Å². The number of carbonyl (C=O) groups excluding carboxylic acids is 1. The van der Waals surface area contributed by atoms with Gasteiger partial charge in [0.1, 0.15) is 12.5 Å². The van der Waals surface area contributed by atoms with Crippen LogP contribution in [0.4, 0.5) is 21.7 Å². The Kier molecular flexibility index (Phi) is 6.14. The molecule has 30 heavy (non-hydrogen) atoms. The van der Waals surface area contributed by atoms with E-state index in [2.05, 4.69) is 25.2 Å². The van der Waals surface area contributed by atoms with Crippen LogP contribution in [0.15, 0.2) is 24.5 Å². The van der Waals surface area contributed by atoms with Crippen LogP contribution in [0.3, 0.4) is 0 Å². The molecule has 4 rings (SSSR count). The molecule has 9 nitrogen and oxygen atoms in total. The molecule has 11 heteroatoms. The van der Waals surface area contributed by atoms with Crippen molar-refractivity contribution in [3.63, 3.8) is 0 Å². The molecule has 1 atom stereocenters. The Morgan fingerprint density at radius 3 is 2.73 bits per heavy atom. The lowest BCUT2D eigenvalue weighted by Gasteiger charge is -2.36. The van der Waals surface area contributed by atoms with Crippen molar-refractivity contribution in [1.29, 1.82) is 0 Å².